The first-order valence-electron chi connectivity index (χ1n) is 8.39. The first-order chi connectivity index (χ1) is 13.0. The van der Waals surface area contributed by atoms with Gasteiger partial charge in [-0.1, -0.05) is 39.3 Å². The van der Waals surface area contributed by atoms with Gasteiger partial charge in [0.25, 0.3) is 5.65 Å². The zero-order chi connectivity index (χ0) is 19.1. The molecule has 0 bridgehead atoms. The fourth-order valence-electron chi connectivity index (χ4n) is 3.26. The van der Waals surface area contributed by atoms with E-state index in [-0.39, 0.29) is 17.0 Å². The summed E-state index contributed by atoms with van der Waals surface area (Å²) < 4.78 is 9.24. The van der Waals surface area contributed by atoms with Crippen LogP contribution in [0.3, 0.4) is 0 Å². The normalized spacial score (nSPS) is 11.2. The maximum atomic E-state index is 13.3. The van der Waals surface area contributed by atoms with Gasteiger partial charge in [0.2, 0.25) is 0 Å². The summed E-state index contributed by atoms with van der Waals surface area (Å²) in [7, 11) is 0. The van der Waals surface area contributed by atoms with Crippen LogP contribution >= 0.6 is 15.9 Å². The van der Waals surface area contributed by atoms with Gasteiger partial charge in [0.1, 0.15) is 17.9 Å². The van der Waals surface area contributed by atoms with Crippen LogP contribution in [-0.4, -0.2) is 9.56 Å². The number of aryl methyl sites for hydroxylation is 2. The molecule has 0 unspecified atom stereocenters. The monoisotopic (exact) mass is 425 g/mol. The molecule has 0 aliphatic heterocycles. The molecule has 27 heavy (non-hydrogen) atoms. The average Bonchev–Trinajstić information content (AvgIpc) is 2.99. The second-order valence-electron chi connectivity index (χ2n) is 6.33. The van der Waals surface area contributed by atoms with Crippen LogP contribution in [0.4, 0.5) is 0 Å². The van der Waals surface area contributed by atoms with Gasteiger partial charge in [-0.3, -0.25) is 0 Å². The van der Waals surface area contributed by atoms with E-state index in [1.807, 2.05) is 30.3 Å². The summed E-state index contributed by atoms with van der Waals surface area (Å²) in [5.74, 6) is 0.0938. The van der Waals surface area contributed by atoms with E-state index < -0.39 is 0 Å². The number of pyridine rings is 1. The van der Waals surface area contributed by atoms with Gasteiger partial charge in [-0.05, 0) is 37.6 Å². The Hall–Kier alpha value is -2.93. The lowest BCUT2D eigenvalue weighted by molar-refractivity contribution is -0.708. The molecule has 0 aliphatic rings. The number of halogens is 1. The highest BCUT2D eigenvalue weighted by Gasteiger charge is 2.24. The average molecular weight is 426 g/mol. The molecule has 3 aromatic heterocycles. The Morgan fingerprint density at radius 1 is 1.15 bits per heavy atom. The van der Waals surface area contributed by atoms with Gasteiger partial charge >= 0.3 is 5.56 Å². The zero-order valence-electron chi connectivity index (χ0n) is 14.8. The predicted octanol–water partition coefficient (Wildman–Crippen LogP) is 2.74. The van der Waals surface area contributed by atoms with Crippen LogP contribution in [0.5, 0.6) is 5.88 Å². The summed E-state index contributed by atoms with van der Waals surface area (Å²) in [6.45, 7) is 3.77. The molecular formula is C20H16BrN3O3. The molecule has 0 atom stereocenters. The molecule has 7 heteroatoms. The Morgan fingerprint density at radius 2 is 1.89 bits per heavy atom. The van der Waals surface area contributed by atoms with E-state index in [9.17, 15) is 9.90 Å². The SMILES string of the molecule is Cc1noc(C)c1-c1c([O-])[n+](Cc2ccc(Br)cc2)c2ccccn2c1=O. The maximum absolute atomic E-state index is 13.3. The fraction of sp³-hybridized carbons (Fsp3) is 0.150. The zero-order valence-corrected chi connectivity index (χ0v) is 16.4. The Morgan fingerprint density at radius 3 is 2.56 bits per heavy atom. The molecule has 1 aromatic carbocycles. The first-order valence-corrected chi connectivity index (χ1v) is 9.18. The third-order valence-electron chi connectivity index (χ3n) is 4.54. The van der Waals surface area contributed by atoms with Crippen molar-refractivity contribution in [3.63, 3.8) is 0 Å². The summed E-state index contributed by atoms with van der Waals surface area (Å²) >= 11 is 3.42. The molecule has 0 aliphatic carbocycles. The van der Waals surface area contributed by atoms with Crippen LogP contribution in [0.15, 0.2) is 62.5 Å². The van der Waals surface area contributed by atoms with Crippen LogP contribution in [0.1, 0.15) is 17.0 Å². The van der Waals surface area contributed by atoms with Crippen molar-refractivity contribution in [2.75, 3.05) is 0 Å². The molecular weight excluding hydrogens is 410 g/mol. The van der Waals surface area contributed by atoms with Crippen molar-refractivity contribution < 1.29 is 14.2 Å². The van der Waals surface area contributed by atoms with E-state index in [0.29, 0.717) is 29.2 Å². The molecule has 0 amide bonds. The minimum Gasteiger partial charge on any atom is -0.842 e. The number of benzene rings is 1. The number of aromatic nitrogens is 3. The quantitative estimate of drug-likeness (QED) is 0.473. The maximum Gasteiger partial charge on any atom is 0.349 e. The van der Waals surface area contributed by atoms with E-state index in [4.69, 9.17) is 4.52 Å². The van der Waals surface area contributed by atoms with Crippen LogP contribution in [0.25, 0.3) is 16.8 Å². The van der Waals surface area contributed by atoms with Crippen molar-refractivity contribution in [3.8, 4) is 17.0 Å². The molecule has 0 radical (unpaired) electrons. The molecule has 4 rings (SSSR count). The molecule has 3 heterocycles. The molecule has 0 spiro atoms. The van der Waals surface area contributed by atoms with Crippen LogP contribution in [-0.2, 0) is 6.54 Å². The Labute approximate surface area is 163 Å². The molecule has 6 nitrogen and oxygen atoms in total. The van der Waals surface area contributed by atoms with E-state index in [1.165, 1.54) is 4.40 Å². The summed E-state index contributed by atoms with van der Waals surface area (Å²) in [6.07, 6.45) is 1.66. The van der Waals surface area contributed by atoms with Gasteiger partial charge < -0.3 is 9.63 Å². The second-order valence-corrected chi connectivity index (χ2v) is 7.24. The number of hydrogen-bond donors (Lipinski definition) is 0. The molecule has 0 saturated carbocycles. The Bertz CT molecular complexity index is 1190. The van der Waals surface area contributed by atoms with Gasteiger partial charge in [0.05, 0.1) is 23.3 Å². The van der Waals surface area contributed by atoms with Crippen molar-refractivity contribution in [1.29, 1.82) is 0 Å². The van der Waals surface area contributed by atoms with Crippen molar-refractivity contribution in [2.24, 2.45) is 0 Å². The highest BCUT2D eigenvalue weighted by Crippen LogP contribution is 2.28. The predicted molar refractivity (Wildman–Crippen MR) is 102 cm³/mol. The minimum atomic E-state index is -0.378. The van der Waals surface area contributed by atoms with Gasteiger partial charge in [0, 0.05) is 10.5 Å². The van der Waals surface area contributed by atoms with Gasteiger partial charge in [-0.15, -0.1) is 0 Å². The van der Waals surface area contributed by atoms with Crippen LogP contribution < -0.4 is 15.2 Å². The van der Waals surface area contributed by atoms with Crippen molar-refractivity contribution in [1.82, 2.24) is 9.56 Å². The third-order valence-corrected chi connectivity index (χ3v) is 5.07. The summed E-state index contributed by atoms with van der Waals surface area (Å²) in [6, 6.07) is 13.1. The topological polar surface area (TPSA) is 74.5 Å². The van der Waals surface area contributed by atoms with Crippen molar-refractivity contribution in [3.05, 3.63) is 80.5 Å². The Balaban J connectivity index is 2.03. The van der Waals surface area contributed by atoms with E-state index in [2.05, 4.69) is 21.1 Å². The summed E-state index contributed by atoms with van der Waals surface area (Å²) in [5, 5.41) is 17.3. The number of hydrogen-bond acceptors (Lipinski definition) is 4. The highest BCUT2D eigenvalue weighted by atomic mass is 79.9. The molecule has 0 saturated heterocycles. The molecule has 0 N–H and O–H groups in total. The lowest BCUT2D eigenvalue weighted by Gasteiger charge is -2.17. The van der Waals surface area contributed by atoms with E-state index in [0.717, 1.165) is 10.0 Å². The highest BCUT2D eigenvalue weighted by molar-refractivity contribution is 9.10. The Kier molecular flexibility index (Phi) is 4.31. The van der Waals surface area contributed by atoms with Crippen molar-refractivity contribution in [2.45, 2.75) is 20.4 Å². The van der Waals surface area contributed by atoms with Gasteiger partial charge in [-0.2, -0.15) is 4.40 Å². The van der Waals surface area contributed by atoms with Crippen LogP contribution in [0.2, 0.25) is 0 Å². The number of nitrogens with zero attached hydrogens (tertiary/aromatic N) is 3. The molecule has 4 aromatic rings. The van der Waals surface area contributed by atoms with Gasteiger partial charge in [-0.25, -0.2) is 9.36 Å². The van der Waals surface area contributed by atoms with E-state index in [1.54, 1.807) is 36.7 Å². The number of fused-ring (bicyclic) bond motifs is 1. The fourth-order valence-corrected chi connectivity index (χ4v) is 3.52. The number of rotatable bonds is 3. The smallest absolute Gasteiger partial charge is 0.349 e. The molecule has 0 fully saturated rings. The molecule has 136 valence electrons. The first kappa shape index (κ1) is 17.5. The van der Waals surface area contributed by atoms with E-state index >= 15 is 0 Å². The lowest BCUT2D eigenvalue weighted by atomic mass is 10.1. The third kappa shape index (κ3) is 2.94. The van der Waals surface area contributed by atoms with Gasteiger partial charge in [0.15, 0.2) is 0 Å². The second kappa shape index (κ2) is 6.66. The minimum absolute atomic E-state index is 0.0760. The lowest BCUT2D eigenvalue weighted by Crippen LogP contribution is -2.44. The van der Waals surface area contributed by atoms with Crippen LogP contribution in [0, 0.1) is 13.8 Å². The summed E-state index contributed by atoms with van der Waals surface area (Å²) in [4.78, 5) is 13.1. The largest absolute Gasteiger partial charge is 0.842 e. The van der Waals surface area contributed by atoms with Crippen molar-refractivity contribution >= 4 is 21.6 Å². The standard InChI is InChI=1S/C20H16BrN3O3/c1-12-17(13(2)27-22-12)18-19(25)23-10-4-3-5-16(23)24(20(18)26)11-14-6-8-15(21)9-7-14/h3-10H,11H2,1-2H3. The summed E-state index contributed by atoms with van der Waals surface area (Å²) in [5.41, 5.74) is 2.17.